The summed E-state index contributed by atoms with van der Waals surface area (Å²) in [7, 11) is 1.55. The molecule has 1 N–H and O–H groups in total. The second-order valence-electron chi connectivity index (χ2n) is 5.51. The molecule has 2 heterocycles. The summed E-state index contributed by atoms with van der Waals surface area (Å²) in [5.41, 5.74) is 3.04. The van der Waals surface area contributed by atoms with E-state index in [1.54, 1.807) is 0 Å². The average molecular weight is 247 g/mol. The molecule has 3 rings (SSSR count). The minimum absolute atomic E-state index is 0.123. The summed E-state index contributed by atoms with van der Waals surface area (Å²) in [5, 5.41) is 3.17. The lowest BCUT2D eigenvalue weighted by molar-refractivity contribution is 0.0239. The number of nitrogens with one attached hydrogen (secondary N) is 1. The Balaban J connectivity index is 2.13. The van der Waals surface area contributed by atoms with Crippen molar-refractivity contribution in [3.63, 3.8) is 0 Å². The SMILES string of the molecule is CNC1OB2OC(C)(C)COc3ccc(C)c1c32. The zero-order valence-electron chi connectivity index (χ0n) is 11.2. The molecule has 0 bridgehead atoms. The normalized spacial score (nSPS) is 24.4. The van der Waals surface area contributed by atoms with Crippen LogP contribution in [0.3, 0.4) is 0 Å². The van der Waals surface area contributed by atoms with Gasteiger partial charge in [-0.25, -0.2) is 0 Å². The summed E-state index contributed by atoms with van der Waals surface area (Å²) in [5.74, 6) is 0.879. The molecule has 2 aliphatic rings. The maximum absolute atomic E-state index is 6.03. The van der Waals surface area contributed by atoms with Gasteiger partial charge in [0.1, 0.15) is 18.6 Å². The summed E-state index contributed by atoms with van der Waals surface area (Å²) in [6.45, 7) is 6.65. The second kappa shape index (κ2) is 3.98. The Labute approximate surface area is 108 Å². The minimum atomic E-state index is -0.350. The highest BCUT2D eigenvalue weighted by Crippen LogP contribution is 2.33. The highest BCUT2D eigenvalue weighted by atomic mass is 16.6. The molecule has 4 nitrogen and oxygen atoms in total. The van der Waals surface area contributed by atoms with Gasteiger partial charge in [0.15, 0.2) is 0 Å². The first kappa shape index (κ1) is 12.0. The van der Waals surface area contributed by atoms with Crippen LogP contribution in [0.25, 0.3) is 0 Å². The summed E-state index contributed by atoms with van der Waals surface area (Å²) < 4.78 is 17.8. The Hall–Kier alpha value is -1.04. The van der Waals surface area contributed by atoms with E-state index in [1.165, 1.54) is 5.56 Å². The van der Waals surface area contributed by atoms with Crippen LogP contribution in [0, 0.1) is 6.92 Å². The topological polar surface area (TPSA) is 39.7 Å². The maximum atomic E-state index is 6.03. The fourth-order valence-corrected chi connectivity index (χ4v) is 2.58. The highest BCUT2D eigenvalue weighted by molar-refractivity contribution is 6.64. The van der Waals surface area contributed by atoms with E-state index in [0.717, 1.165) is 16.8 Å². The standard InChI is InChI=1S/C13H18BNO3/c1-8-5-6-9-11-10(8)12(15-4)17-14(11)18-13(2,3)7-16-9/h5-6,12,15H,7H2,1-4H3. The molecule has 1 unspecified atom stereocenters. The summed E-state index contributed by atoms with van der Waals surface area (Å²) in [6, 6.07) is 4.08. The lowest BCUT2D eigenvalue weighted by Gasteiger charge is -2.25. The molecule has 1 atom stereocenters. The molecule has 0 aliphatic carbocycles. The molecular formula is C13H18BNO3. The Morgan fingerprint density at radius 2 is 2.17 bits per heavy atom. The molecule has 2 aliphatic heterocycles. The van der Waals surface area contributed by atoms with Crippen molar-refractivity contribution in [1.82, 2.24) is 5.32 Å². The van der Waals surface area contributed by atoms with Crippen LogP contribution in [0.15, 0.2) is 12.1 Å². The zero-order valence-corrected chi connectivity index (χ0v) is 11.2. The molecule has 0 saturated carbocycles. The Morgan fingerprint density at radius 3 is 2.89 bits per heavy atom. The molecule has 0 spiro atoms. The molecule has 1 aromatic rings. The van der Waals surface area contributed by atoms with Crippen LogP contribution >= 0.6 is 0 Å². The summed E-state index contributed by atoms with van der Waals surface area (Å²) in [4.78, 5) is 0. The average Bonchev–Trinajstić information content (AvgIpc) is 2.61. The molecule has 1 aromatic carbocycles. The first-order valence-electron chi connectivity index (χ1n) is 6.28. The monoisotopic (exact) mass is 247 g/mol. The third-order valence-electron chi connectivity index (χ3n) is 3.49. The molecule has 5 heteroatoms. The second-order valence-corrected chi connectivity index (χ2v) is 5.51. The van der Waals surface area contributed by atoms with E-state index in [4.69, 9.17) is 14.0 Å². The van der Waals surface area contributed by atoms with Gasteiger partial charge < -0.3 is 14.0 Å². The quantitative estimate of drug-likeness (QED) is 0.755. The van der Waals surface area contributed by atoms with Crippen molar-refractivity contribution in [3.8, 4) is 5.75 Å². The number of aryl methyl sites for hydroxylation is 1. The molecule has 0 radical (unpaired) electrons. The van der Waals surface area contributed by atoms with Crippen molar-refractivity contribution in [2.75, 3.05) is 13.7 Å². The van der Waals surface area contributed by atoms with Crippen molar-refractivity contribution in [1.29, 1.82) is 0 Å². The molecular weight excluding hydrogens is 229 g/mol. The first-order valence-corrected chi connectivity index (χ1v) is 6.28. The highest BCUT2D eigenvalue weighted by Gasteiger charge is 2.45. The van der Waals surface area contributed by atoms with E-state index in [1.807, 2.05) is 27.0 Å². The van der Waals surface area contributed by atoms with E-state index in [-0.39, 0.29) is 18.9 Å². The van der Waals surface area contributed by atoms with Crippen LogP contribution in [0.5, 0.6) is 5.75 Å². The van der Waals surface area contributed by atoms with Crippen molar-refractivity contribution in [2.24, 2.45) is 0 Å². The largest absolute Gasteiger partial charge is 0.500 e. The Morgan fingerprint density at radius 1 is 1.39 bits per heavy atom. The van der Waals surface area contributed by atoms with Gasteiger partial charge in [-0.15, -0.1) is 0 Å². The van der Waals surface area contributed by atoms with E-state index < -0.39 is 0 Å². The summed E-state index contributed by atoms with van der Waals surface area (Å²) >= 11 is 0. The molecule has 96 valence electrons. The van der Waals surface area contributed by atoms with Crippen molar-refractivity contribution >= 4 is 12.6 Å². The van der Waals surface area contributed by atoms with Crippen molar-refractivity contribution < 1.29 is 14.0 Å². The number of hydrogen-bond acceptors (Lipinski definition) is 4. The lowest BCUT2D eigenvalue weighted by Crippen LogP contribution is -2.40. The molecule has 0 amide bonds. The van der Waals surface area contributed by atoms with Crippen LogP contribution in [-0.4, -0.2) is 26.4 Å². The predicted molar refractivity (Wildman–Crippen MR) is 70.1 cm³/mol. The van der Waals surface area contributed by atoms with Crippen LogP contribution in [-0.2, 0) is 9.31 Å². The predicted octanol–water partition coefficient (Wildman–Crippen LogP) is 1.13. The third-order valence-corrected chi connectivity index (χ3v) is 3.49. The van der Waals surface area contributed by atoms with Gasteiger partial charge >= 0.3 is 7.12 Å². The van der Waals surface area contributed by atoms with Crippen molar-refractivity contribution in [3.05, 3.63) is 23.3 Å². The van der Waals surface area contributed by atoms with Gasteiger partial charge in [-0.1, -0.05) is 6.07 Å². The summed E-state index contributed by atoms with van der Waals surface area (Å²) in [6.07, 6.45) is -0.123. The van der Waals surface area contributed by atoms with E-state index in [0.29, 0.717) is 6.61 Å². The molecule has 0 saturated heterocycles. The number of benzene rings is 1. The van der Waals surface area contributed by atoms with Crippen molar-refractivity contribution in [2.45, 2.75) is 32.6 Å². The number of hydrogen-bond donors (Lipinski definition) is 1. The van der Waals surface area contributed by atoms with Gasteiger partial charge in [-0.3, -0.25) is 5.32 Å². The first-order chi connectivity index (χ1) is 8.52. The van der Waals surface area contributed by atoms with Crippen LogP contribution < -0.4 is 15.5 Å². The Bertz CT molecular complexity index is 489. The van der Waals surface area contributed by atoms with Gasteiger partial charge in [-0.05, 0) is 39.4 Å². The fourth-order valence-electron chi connectivity index (χ4n) is 2.58. The third kappa shape index (κ3) is 1.74. The van der Waals surface area contributed by atoms with E-state index >= 15 is 0 Å². The number of ether oxygens (including phenoxy) is 1. The van der Waals surface area contributed by atoms with Crippen LogP contribution in [0.2, 0.25) is 0 Å². The van der Waals surface area contributed by atoms with Gasteiger partial charge in [0, 0.05) is 11.0 Å². The Kier molecular flexibility index (Phi) is 2.66. The minimum Gasteiger partial charge on any atom is -0.491 e. The number of rotatable bonds is 1. The maximum Gasteiger partial charge on any atom is 0.500 e. The molecule has 0 fully saturated rings. The molecule has 0 aromatic heterocycles. The lowest BCUT2D eigenvalue weighted by atomic mass is 9.76. The van der Waals surface area contributed by atoms with Gasteiger partial charge in [-0.2, -0.15) is 0 Å². The van der Waals surface area contributed by atoms with Gasteiger partial charge in [0.25, 0.3) is 0 Å². The zero-order chi connectivity index (χ0) is 12.9. The van der Waals surface area contributed by atoms with E-state index in [9.17, 15) is 0 Å². The molecule has 18 heavy (non-hydrogen) atoms. The fraction of sp³-hybridized carbons (Fsp3) is 0.538. The van der Waals surface area contributed by atoms with Crippen LogP contribution in [0.1, 0.15) is 31.2 Å². The van der Waals surface area contributed by atoms with E-state index in [2.05, 4.69) is 18.3 Å². The smallest absolute Gasteiger partial charge is 0.491 e. The van der Waals surface area contributed by atoms with Gasteiger partial charge in [0.05, 0.1) is 5.60 Å². The van der Waals surface area contributed by atoms with Crippen LogP contribution in [0.4, 0.5) is 0 Å². The van der Waals surface area contributed by atoms with Gasteiger partial charge in [0.2, 0.25) is 0 Å².